The van der Waals surface area contributed by atoms with Crippen molar-refractivity contribution in [2.24, 2.45) is 0 Å². The molecule has 0 spiro atoms. The minimum atomic E-state index is -0.419. The lowest BCUT2D eigenvalue weighted by atomic mass is 10.1. The lowest BCUT2D eigenvalue weighted by molar-refractivity contribution is -0.385. The molecule has 0 aliphatic carbocycles. The molecule has 1 aliphatic heterocycles. The Bertz CT molecular complexity index is 758. The lowest BCUT2D eigenvalue weighted by Crippen LogP contribution is -2.23. The highest BCUT2D eigenvalue weighted by molar-refractivity contribution is 5.95. The highest BCUT2D eigenvalue weighted by Gasteiger charge is 2.21. The van der Waals surface area contributed by atoms with Crippen LogP contribution < -0.4 is 9.64 Å². The Morgan fingerprint density at radius 3 is 2.58 bits per heavy atom. The van der Waals surface area contributed by atoms with Crippen molar-refractivity contribution >= 4 is 17.3 Å². The number of carbonyl (C=O) groups is 1. The number of rotatable bonds is 5. The zero-order chi connectivity index (χ0) is 17.1. The Balaban J connectivity index is 1.70. The second kappa shape index (κ2) is 6.70. The molecule has 6 heteroatoms. The smallest absolute Gasteiger partial charge is 0.269 e. The van der Waals surface area contributed by atoms with E-state index >= 15 is 0 Å². The number of nitro groups is 1. The van der Waals surface area contributed by atoms with Crippen LogP contribution in [0.25, 0.3) is 0 Å². The van der Waals surface area contributed by atoms with Gasteiger partial charge in [0.2, 0.25) is 5.91 Å². The van der Waals surface area contributed by atoms with Gasteiger partial charge in [0.25, 0.3) is 5.69 Å². The maximum absolute atomic E-state index is 11.7. The standard InChI is InChI=1S/C18H18N2O4/c1-13(14-4-2-5-16(12-14)20(22)23)24-17-9-7-15(8-10-17)19-11-3-6-18(19)21/h2,4-5,7-10,12-13H,3,6,11H2,1H3/t13-/m0/s1. The Morgan fingerprint density at radius 2 is 1.96 bits per heavy atom. The monoisotopic (exact) mass is 326 g/mol. The van der Waals surface area contributed by atoms with Gasteiger partial charge in [0, 0.05) is 30.8 Å². The first kappa shape index (κ1) is 16.0. The topological polar surface area (TPSA) is 72.7 Å². The van der Waals surface area contributed by atoms with Gasteiger partial charge in [-0.1, -0.05) is 12.1 Å². The molecule has 2 aromatic rings. The van der Waals surface area contributed by atoms with E-state index in [2.05, 4.69) is 0 Å². The number of nitrogens with zero attached hydrogens (tertiary/aromatic N) is 2. The second-order valence-electron chi connectivity index (χ2n) is 5.76. The van der Waals surface area contributed by atoms with E-state index in [1.54, 1.807) is 17.0 Å². The molecule has 0 bridgehead atoms. The largest absolute Gasteiger partial charge is 0.486 e. The quantitative estimate of drug-likeness (QED) is 0.618. The number of nitro benzene ring substituents is 1. The van der Waals surface area contributed by atoms with E-state index in [-0.39, 0.29) is 17.7 Å². The first-order valence-electron chi connectivity index (χ1n) is 7.86. The van der Waals surface area contributed by atoms with Gasteiger partial charge in [-0.3, -0.25) is 14.9 Å². The summed E-state index contributed by atoms with van der Waals surface area (Å²) in [5, 5.41) is 10.9. The van der Waals surface area contributed by atoms with Crippen LogP contribution in [0, 0.1) is 10.1 Å². The number of ether oxygens (including phenoxy) is 1. The van der Waals surface area contributed by atoms with Crippen LogP contribution >= 0.6 is 0 Å². The number of carbonyl (C=O) groups excluding carboxylic acids is 1. The number of hydrogen-bond donors (Lipinski definition) is 0. The first-order valence-corrected chi connectivity index (χ1v) is 7.86. The maximum atomic E-state index is 11.7. The van der Waals surface area contributed by atoms with Crippen LogP contribution in [0.1, 0.15) is 31.4 Å². The summed E-state index contributed by atoms with van der Waals surface area (Å²) >= 11 is 0. The van der Waals surface area contributed by atoms with Crippen LogP contribution in [0.5, 0.6) is 5.75 Å². The van der Waals surface area contributed by atoms with Gasteiger partial charge in [0.05, 0.1) is 4.92 Å². The molecule has 2 aromatic carbocycles. The number of anilines is 1. The van der Waals surface area contributed by atoms with E-state index in [1.807, 2.05) is 31.2 Å². The van der Waals surface area contributed by atoms with E-state index in [4.69, 9.17) is 4.74 Å². The van der Waals surface area contributed by atoms with Gasteiger partial charge in [-0.25, -0.2) is 0 Å². The van der Waals surface area contributed by atoms with Gasteiger partial charge >= 0.3 is 0 Å². The lowest BCUT2D eigenvalue weighted by Gasteiger charge is -2.18. The van der Waals surface area contributed by atoms with Crippen molar-refractivity contribution in [3.63, 3.8) is 0 Å². The Hall–Kier alpha value is -2.89. The summed E-state index contributed by atoms with van der Waals surface area (Å²) in [6.45, 7) is 2.60. The van der Waals surface area contributed by atoms with Crippen molar-refractivity contribution in [1.29, 1.82) is 0 Å². The summed E-state index contributed by atoms with van der Waals surface area (Å²) in [5.74, 6) is 0.804. The molecule has 0 saturated carbocycles. The third-order valence-electron chi connectivity index (χ3n) is 4.09. The van der Waals surface area contributed by atoms with E-state index in [0.717, 1.165) is 24.2 Å². The minimum absolute atomic E-state index is 0.0471. The second-order valence-corrected chi connectivity index (χ2v) is 5.76. The molecule has 1 aliphatic rings. The summed E-state index contributed by atoms with van der Waals surface area (Å²) < 4.78 is 5.85. The highest BCUT2D eigenvalue weighted by Crippen LogP contribution is 2.27. The predicted molar refractivity (Wildman–Crippen MR) is 90.2 cm³/mol. The molecule has 1 fully saturated rings. The van der Waals surface area contributed by atoms with Crippen LogP contribution in [-0.4, -0.2) is 17.4 Å². The number of amides is 1. The molecule has 1 heterocycles. The summed E-state index contributed by atoms with van der Waals surface area (Å²) in [7, 11) is 0. The molecule has 0 aromatic heterocycles. The Labute approximate surface area is 139 Å². The van der Waals surface area contributed by atoms with Crippen molar-refractivity contribution in [2.45, 2.75) is 25.9 Å². The zero-order valence-electron chi connectivity index (χ0n) is 13.3. The SMILES string of the molecule is C[C@H](Oc1ccc(N2CCCC2=O)cc1)c1cccc([N+](=O)[O-])c1. The van der Waals surface area contributed by atoms with Gasteiger partial charge in [-0.15, -0.1) is 0 Å². The number of non-ortho nitro benzene ring substituents is 1. The summed E-state index contributed by atoms with van der Waals surface area (Å²) in [6, 6.07) is 13.8. The molecule has 6 nitrogen and oxygen atoms in total. The van der Waals surface area contributed by atoms with Crippen LogP contribution in [0.2, 0.25) is 0 Å². The predicted octanol–water partition coefficient (Wildman–Crippen LogP) is 3.86. The molecular weight excluding hydrogens is 308 g/mol. The molecular formula is C18H18N2O4. The minimum Gasteiger partial charge on any atom is -0.486 e. The molecule has 1 atom stereocenters. The first-order chi connectivity index (χ1) is 11.5. The van der Waals surface area contributed by atoms with Gasteiger partial charge in [-0.2, -0.15) is 0 Å². The van der Waals surface area contributed by atoms with Gasteiger partial charge in [0.1, 0.15) is 11.9 Å². The molecule has 3 rings (SSSR count). The third-order valence-corrected chi connectivity index (χ3v) is 4.09. The molecule has 0 unspecified atom stereocenters. The van der Waals surface area contributed by atoms with E-state index in [9.17, 15) is 14.9 Å². The van der Waals surface area contributed by atoms with Gasteiger partial charge in [-0.05, 0) is 43.2 Å². The van der Waals surface area contributed by atoms with Crippen LogP contribution in [0.15, 0.2) is 48.5 Å². The fourth-order valence-electron chi connectivity index (χ4n) is 2.79. The fourth-order valence-corrected chi connectivity index (χ4v) is 2.79. The van der Waals surface area contributed by atoms with Crippen molar-refractivity contribution < 1.29 is 14.5 Å². The molecule has 124 valence electrons. The summed E-state index contributed by atoms with van der Waals surface area (Å²) in [5.41, 5.74) is 1.65. The zero-order valence-corrected chi connectivity index (χ0v) is 13.3. The molecule has 1 amide bonds. The third kappa shape index (κ3) is 3.37. The van der Waals surface area contributed by atoms with E-state index in [0.29, 0.717) is 12.2 Å². The summed E-state index contributed by atoms with van der Waals surface area (Å²) in [6.07, 6.45) is 1.17. The fraction of sp³-hybridized carbons (Fsp3) is 0.278. The number of benzene rings is 2. The summed E-state index contributed by atoms with van der Waals surface area (Å²) in [4.78, 5) is 24.0. The van der Waals surface area contributed by atoms with Crippen LogP contribution in [0.3, 0.4) is 0 Å². The van der Waals surface area contributed by atoms with E-state index < -0.39 is 4.92 Å². The molecule has 0 N–H and O–H groups in total. The van der Waals surface area contributed by atoms with Gasteiger partial charge in [0.15, 0.2) is 0 Å². The average Bonchev–Trinajstić information content (AvgIpc) is 3.01. The van der Waals surface area contributed by atoms with Crippen molar-refractivity contribution in [1.82, 2.24) is 0 Å². The highest BCUT2D eigenvalue weighted by atomic mass is 16.6. The van der Waals surface area contributed by atoms with Crippen molar-refractivity contribution in [2.75, 3.05) is 11.4 Å². The van der Waals surface area contributed by atoms with Crippen molar-refractivity contribution in [3.8, 4) is 5.75 Å². The Morgan fingerprint density at radius 1 is 1.21 bits per heavy atom. The normalized spacial score (nSPS) is 15.4. The number of hydrogen-bond acceptors (Lipinski definition) is 4. The average molecular weight is 326 g/mol. The Kier molecular flexibility index (Phi) is 4.46. The van der Waals surface area contributed by atoms with E-state index in [1.165, 1.54) is 12.1 Å². The van der Waals surface area contributed by atoms with Gasteiger partial charge < -0.3 is 9.64 Å². The molecule has 24 heavy (non-hydrogen) atoms. The molecule has 1 saturated heterocycles. The van der Waals surface area contributed by atoms with Crippen molar-refractivity contribution in [3.05, 3.63) is 64.2 Å². The maximum Gasteiger partial charge on any atom is 0.269 e. The van der Waals surface area contributed by atoms with Crippen LogP contribution in [0.4, 0.5) is 11.4 Å². The molecule has 0 radical (unpaired) electrons. The van der Waals surface area contributed by atoms with Crippen LogP contribution in [-0.2, 0) is 4.79 Å².